The van der Waals surface area contributed by atoms with Crippen LogP contribution in [0.1, 0.15) is 13.8 Å². The summed E-state index contributed by atoms with van der Waals surface area (Å²) in [7, 11) is 0. The maximum Gasteiger partial charge on any atom is 0.328 e. The van der Waals surface area contributed by atoms with Crippen LogP contribution in [0.2, 0.25) is 0 Å². The third kappa shape index (κ3) is 3.41. The van der Waals surface area contributed by atoms with Gasteiger partial charge in [-0.25, -0.2) is 14.8 Å². The van der Waals surface area contributed by atoms with Crippen LogP contribution in [-0.4, -0.2) is 28.6 Å². The highest BCUT2D eigenvalue weighted by molar-refractivity contribution is 5.78. The Kier molecular flexibility index (Phi) is 3.84. The first-order chi connectivity index (χ1) is 7.13. The number of anilines is 2. The molecule has 0 spiro atoms. The minimum absolute atomic E-state index is 0.324. The van der Waals surface area contributed by atoms with E-state index in [1.807, 2.05) is 0 Å². The van der Waals surface area contributed by atoms with Gasteiger partial charge < -0.3 is 15.8 Å². The van der Waals surface area contributed by atoms with Crippen LogP contribution in [0, 0.1) is 0 Å². The van der Waals surface area contributed by atoms with E-state index in [0.29, 0.717) is 18.2 Å². The number of hydrogen-bond acceptors (Lipinski definition) is 6. The van der Waals surface area contributed by atoms with E-state index in [1.165, 1.54) is 6.33 Å². The Morgan fingerprint density at radius 2 is 2.40 bits per heavy atom. The fraction of sp³-hybridized carbons (Fsp3) is 0.444. The van der Waals surface area contributed by atoms with Gasteiger partial charge in [0, 0.05) is 6.07 Å². The molecule has 1 atom stereocenters. The van der Waals surface area contributed by atoms with E-state index in [0.717, 1.165) is 0 Å². The van der Waals surface area contributed by atoms with Gasteiger partial charge in [-0.05, 0) is 13.8 Å². The average Bonchev–Trinajstić information content (AvgIpc) is 2.18. The molecule has 0 fully saturated rings. The minimum Gasteiger partial charge on any atom is -0.464 e. The molecule has 6 heteroatoms. The molecule has 0 aromatic carbocycles. The number of carbonyl (C=O) groups excluding carboxylic acids is 1. The molecule has 1 aromatic heterocycles. The number of aromatic nitrogens is 2. The first-order valence-corrected chi connectivity index (χ1v) is 4.64. The highest BCUT2D eigenvalue weighted by Crippen LogP contribution is 2.06. The molecule has 0 bridgehead atoms. The maximum absolute atomic E-state index is 11.3. The van der Waals surface area contributed by atoms with Gasteiger partial charge in [0.1, 0.15) is 24.0 Å². The van der Waals surface area contributed by atoms with Crippen LogP contribution >= 0.6 is 0 Å². The van der Waals surface area contributed by atoms with Crippen molar-refractivity contribution < 1.29 is 9.53 Å². The summed E-state index contributed by atoms with van der Waals surface area (Å²) in [6.45, 7) is 3.81. The summed E-state index contributed by atoms with van der Waals surface area (Å²) in [5.74, 6) is 0.529. The molecule has 0 saturated carbocycles. The van der Waals surface area contributed by atoms with Crippen LogP contribution in [-0.2, 0) is 9.53 Å². The monoisotopic (exact) mass is 210 g/mol. The normalized spacial score (nSPS) is 11.9. The third-order valence-corrected chi connectivity index (χ3v) is 1.69. The zero-order valence-corrected chi connectivity index (χ0v) is 8.73. The lowest BCUT2D eigenvalue weighted by atomic mass is 10.3. The summed E-state index contributed by atoms with van der Waals surface area (Å²) in [4.78, 5) is 18.9. The van der Waals surface area contributed by atoms with Gasteiger partial charge in [-0.3, -0.25) is 0 Å². The van der Waals surface area contributed by atoms with Crippen molar-refractivity contribution in [3.63, 3.8) is 0 Å². The highest BCUT2D eigenvalue weighted by atomic mass is 16.5. The molecule has 1 aromatic rings. The number of rotatable bonds is 4. The van der Waals surface area contributed by atoms with Gasteiger partial charge in [0.25, 0.3) is 0 Å². The fourth-order valence-corrected chi connectivity index (χ4v) is 0.999. The molecule has 3 N–H and O–H groups in total. The Labute approximate surface area is 87.9 Å². The Morgan fingerprint density at radius 1 is 1.67 bits per heavy atom. The molecule has 15 heavy (non-hydrogen) atoms. The third-order valence-electron chi connectivity index (χ3n) is 1.69. The van der Waals surface area contributed by atoms with Crippen molar-refractivity contribution in [2.45, 2.75) is 19.9 Å². The molecule has 0 aliphatic rings. The summed E-state index contributed by atoms with van der Waals surface area (Å²) in [6, 6.07) is 1.09. The van der Waals surface area contributed by atoms with Gasteiger partial charge in [-0.2, -0.15) is 0 Å². The first-order valence-electron chi connectivity index (χ1n) is 4.64. The number of esters is 1. The molecule has 82 valence electrons. The lowest BCUT2D eigenvalue weighted by molar-refractivity contribution is -0.143. The van der Waals surface area contributed by atoms with Crippen molar-refractivity contribution >= 4 is 17.6 Å². The topological polar surface area (TPSA) is 90.1 Å². The molecule has 0 amide bonds. The summed E-state index contributed by atoms with van der Waals surface area (Å²) in [5.41, 5.74) is 5.46. The van der Waals surface area contributed by atoms with Gasteiger partial charge >= 0.3 is 5.97 Å². The van der Waals surface area contributed by atoms with Crippen molar-refractivity contribution in [3.05, 3.63) is 12.4 Å². The second-order valence-electron chi connectivity index (χ2n) is 2.95. The molecule has 0 saturated heterocycles. The Morgan fingerprint density at radius 3 is 3.00 bits per heavy atom. The Balaban J connectivity index is 2.58. The standard InChI is InChI=1S/C9H14N4O2/c1-3-15-9(14)6(2)13-8-4-7(10)11-5-12-8/h4-6H,3H2,1-2H3,(H3,10,11,12,13). The van der Waals surface area contributed by atoms with E-state index in [2.05, 4.69) is 15.3 Å². The summed E-state index contributed by atoms with van der Waals surface area (Å²) >= 11 is 0. The van der Waals surface area contributed by atoms with Crippen LogP contribution in [0.4, 0.5) is 11.6 Å². The smallest absolute Gasteiger partial charge is 0.328 e. The number of hydrogen-bond donors (Lipinski definition) is 2. The molecular weight excluding hydrogens is 196 g/mol. The molecule has 6 nitrogen and oxygen atoms in total. The van der Waals surface area contributed by atoms with Crippen molar-refractivity contribution in [2.24, 2.45) is 0 Å². The van der Waals surface area contributed by atoms with Gasteiger partial charge in [0.05, 0.1) is 6.61 Å². The predicted octanol–water partition coefficient (Wildman–Crippen LogP) is 0.422. The van der Waals surface area contributed by atoms with Gasteiger partial charge in [-0.1, -0.05) is 0 Å². The quantitative estimate of drug-likeness (QED) is 0.700. The fourth-order valence-electron chi connectivity index (χ4n) is 0.999. The van der Waals surface area contributed by atoms with Gasteiger partial charge in [-0.15, -0.1) is 0 Å². The molecular formula is C9H14N4O2. The number of nitrogens with one attached hydrogen (secondary N) is 1. The lowest BCUT2D eigenvalue weighted by Gasteiger charge is -2.12. The van der Waals surface area contributed by atoms with E-state index < -0.39 is 6.04 Å². The minimum atomic E-state index is -0.459. The van der Waals surface area contributed by atoms with Crippen LogP contribution in [0.25, 0.3) is 0 Å². The van der Waals surface area contributed by atoms with Crippen LogP contribution < -0.4 is 11.1 Å². The second kappa shape index (κ2) is 5.14. The zero-order chi connectivity index (χ0) is 11.3. The van der Waals surface area contributed by atoms with Gasteiger partial charge in [0.15, 0.2) is 0 Å². The van der Waals surface area contributed by atoms with Crippen molar-refractivity contribution in [1.29, 1.82) is 0 Å². The summed E-state index contributed by atoms with van der Waals surface area (Å²) in [5, 5.41) is 2.86. The second-order valence-corrected chi connectivity index (χ2v) is 2.95. The van der Waals surface area contributed by atoms with Gasteiger partial charge in [0.2, 0.25) is 0 Å². The number of nitrogen functional groups attached to an aromatic ring is 1. The van der Waals surface area contributed by atoms with E-state index in [1.54, 1.807) is 19.9 Å². The lowest BCUT2D eigenvalue weighted by Crippen LogP contribution is -2.28. The highest BCUT2D eigenvalue weighted by Gasteiger charge is 2.13. The number of nitrogens with zero attached hydrogens (tertiary/aromatic N) is 2. The van der Waals surface area contributed by atoms with Crippen molar-refractivity contribution in [3.8, 4) is 0 Å². The number of ether oxygens (including phenoxy) is 1. The Hall–Kier alpha value is -1.85. The Bertz CT molecular complexity index is 343. The van der Waals surface area contributed by atoms with Crippen LogP contribution in [0.5, 0.6) is 0 Å². The average molecular weight is 210 g/mol. The summed E-state index contributed by atoms with van der Waals surface area (Å²) in [6.07, 6.45) is 1.33. The van der Waals surface area contributed by atoms with Crippen molar-refractivity contribution in [2.75, 3.05) is 17.7 Å². The summed E-state index contributed by atoms with van der Waals surface area (Å²) < 4.78 is 4.83. The molecule has 0 radical (unpaired) electrons. The van der Waals surface area contributed by atoms with E-state index in [-0.39, 0.29) is 5.97 Å². The number of carbonyl (C=O) groups is 1. The van der Waals surface area contributed by atoms with E-state index in [4.69, 9.17) is 10.5 Å². The van der Waals surface area contributed by atoms with Crippen LogP contribution in [0.15, 0.2) is 12.4 Å². The number of nitrogens with two attached hydrogens (primary N) is 1. The SMILES string of the molecule is CCOC(=O)C(C)Nc1cc(N)ncn1. The van der Waals surface area contributed by atoms with E-state index >= 15 is 0 Å². The maximum atomic E-state index is 11.3. The largest absolute Gasteiger partial charge is 0.464 e. The molecule has 1 heterocycles. The van der Waals surface area contributed by atoms with E-state index in [9.17, 15) is 4.79 Å². The predicted molar refractivity (Wildman–Crippen MR) is 56.2 cm³/mol. The zero-order valence-electron chi connectivity index (χ0n) is 8.73. The molecule has 1 unspecified atom stereocenters. The first kappa shape index (κ1) is 11.2. The molecule has 0 aliphatic carbocycles. The molecule has 1 rings (SSSR count). The van der Waals surface area contributed by atoms with Crippen molar-refractivity contribution in [1.82, 2.24) is 9.97 Å². The molecule has 0 aliphatic heterocycles. The van der Waals surface area contributed by atoms with Crippen LogP contribution in [0.3, 0.4) is 0 Å².